The predicted molar refractivity (Wildman–Crippen MR) is 91.1 cm³/mol. The van der Waals surface area contributed by atoms with E-state index in [4.69, 9.17) is 27.7 Å². The molecule has 3 aromatic rings. The van der Waals surface area contributed by atoms with Crippen LogP contribution in [0.2, 0.25) is 10.0 Å². The van der Waals surface area contributed by atoms with Gasteiger partial charge in [0.1, 0.15) is 11.3 Å². The van der Waals surface area contributed by atoms with E-state index in [9.17, 15) is 4.79 Å². The van der Waals surface area contributed by atoms with Gasteiger partial charge >= 0.3 is 0 Å². The summed E-state index contributed by atoms with van der Waals surface area (Å²) in [7, 11) is 0. The van der Waals surface area contributed by atoms with Crippen LogP contribution in [0.5, 0.6) is 0 Å². The van der Waals surface area contributed by atoms with Crippen LogP contribution >= 0.6 is 23.2 Å². The summed E-state index contributed by atoms with van der Waals surface area (Å²) in [5.41, 5.74) is 2.73. The number of hydrogen-bond acceptors (Lipinski definition) is 3. The fraction of sp³-hybridized carbons (Fsp3) is 0.0588. The van der Waals surface area contributed by atoms with E-state index in [2.05, 4.69) is 10.5 Å². The van der Waals surface area contributed by atoms with E-state index in [0.29, 0.717) is 27.1 Å². The lowest BCUT2D eigenvalue weighted by Gasteiger charge is -2.09. The normalized spacial score (nSPS) is 10.6. The van der Waals surface area contributed by atoms with E-state index in [0.717, 1.165) is 11.1 Å². The van der Waals surface area contributed by atoms with Gasteiger partial charge in [0.15, 0.2) is 0 Å². The molecule has 0 bridgehead atoms. The molecule has 0 radical (unpaired) electrons. The summed E-state index contributed by atoms with van der Waals surface area (Å²) < 4.78 is 4.89. The maximum Gasteiger partial charge on any atom is 0.260 e. The maximum absolute atomic E-state index is 12.1. The molecule has 1 aromatic heterocycles. The number of carbonyl (C=O) groups excluding carboxylic acids is 1. The first-order valence-electron chi connectivity index (χ1n) is 6.83. The van der Waals surface area contributed by atoms with Crippen LogP contribution in [0.4, 0.5) is 5.69 Å². The van der Waals surface area contributed by atoms with Gasteiger partial charge in [0.2, 0.25) is 0 Å². The smallest absolute Gasteiger partial charge is 0.260 e. The molecule has 0 aliphatic carbocycles. The van der Waals surface area contributed by atoms with Gasteiger partial charge in [-0.05, 0) is 36.8 Å². The Morgan fingerprint density at radius 2 is 2.00 bits per heavy atom. The van der Waals surface area contributed by atoms with Gasteiger partial charge in [-0.25, -0.2) is 0 Å². The minimum atomic E-state index is -0.296. The standard InChI is InChI=1S/C17H12Cl2N2O2/c1-10-15(9-20-23-10)17(22)21-13-5-6-14(16(19)8-13)11-3-2-4-12(18)7-11/h2-9H,1H3,(H,21,22). The van der Waals surface area contributed by atoms with Crippen molar-refractivity contribution in [1.29, 1.82) is 0 Å². The molecule has 0 spiro atoms. The average Bonchev–Trinajstić information content (AvgIpc) is 2.93. The second kappa shape index (κ2) is 6.44. The molecule has 4 nitrogen and oxygen atoms in total. The fourth-order valence-electron chi connectivity index (χ4n) is 2.20. The second-order valence-electron chi connectivity index (χ2n) is 4.95. The third kappa shape index (κ3) is 3.38. The number of hydrogen-bond donors (Lipinski definition) is 1. The molecule has 3 rings (SSSR count). The van der Waals surface area contributed by atoms with Crippen LogP contribution in [-0.4, -0.2) is 11.1 Å². The van der Waals surface area contributed by atoms with Gasteiger partial charge in [-0.3, -0.25) is 4.79 Å². The lowest BCUT2D eigenvalue weighted by molar-refractivity contribution is 0.102. The number of benzene rings is 2. The Hall–Kier alpha value is -2.30. The molecule has 2 aromatic carbocycles. The molecule has 1 N–H and O–H groups in total. The van der Waals surface area contributed by atoms with Crippen LogP contribution in [0.25, 0.3) is 11.1 Å². The summed E-state index contributed by atoms with van der Waals surface area (Å²) in [4.78, 5) is 12.1. The van der Waals surface area contributed by atoms with Crippen LogP contribution in [0.15, 0.2) is 53.2 Å². The van der Waals surface area contributed by atoms with Crippen LogP contribution < -0.4 is 5.32 Å². The molecule has 23 heavy (non-hydrogen) atoms. The zero-order chi connectivity index (χ0) is 16.4. The number of carbonyl (C=O) groups is 1. The first kappa shape index (κ1) is 15.6. The molecule has 0 aliphatic rings. The number of amides is 1. The molecule has 116 valence electrons. The van der Waals surface area contributed by atoms with Crippen molar-refractivity contribution in [1.82, 2.24) is 5.16 Å². The van der Waals surface area contributed by atoms with Crippen molar-refractivity contribution < 1.29 is 9.32 Å². The summed E-state index contributed by atoms with van der Waals surface area (Å²) in [6.07, 6.45) is 1.38. The molecule has 6 heteroatoms. The largest absolute Gasteiger partial charge is 0.361 e. The Bertz CT molecular complexity index is 875. The highest BCUT2D eigenvalue weighted by Gasteiger charge is 2.14. The van der Waals surface area contributed by atoms with Gasteiger partial charge in [0, 0.05) is 16.3 Å². The number of anilines is 1. The van der Waals surface area contributed by atoms with Crippen LogP contribution in [0, 0.1) is 6.92 Å². The maximum atomic E-state index is 12.1. The minimum absolute atomic E-state index is 0.296. The zero-order valence-corrected chi connectivity index (χ0v) is 13.7. The van der Waals surface area contributed by atoms with Crippen LogP contribution in [0.1, 0.15) is 16.1 Å². The molecular weight excluding hydrogens is 335 g/mol. The van der Waals surface area contributed by atoms with E-state index in [1.54, 1.807) is 25.1 Å². The van der Waals surface area contributed by atoms with E-state index >= 15 is 0 Å². The average molecular weight is 347 g/mol. The molecule has 0 unspecified atom stereocenters. The molecule has 0 saturated carbocycles. The highest BCUT2D eigenvalue weighted by molar-refractivity contribution is 6.34. The second-order valence-corrected chi connectivity index (χ2v) is 5.80. The Kier molecular flexibility index (Phi) is 4.37. The summed E-state index contributed by atoms with van der Waals surface area (Å²) in [5.74, 6) is 0.166. The molecule has 0 saturated heterocycles. The van der Waals surface area contributed by atoms with Crippen LogP contribution in [0.3, 0.4) is 0 Å². The highest BCUT2D eigenvalue weighted by atomic mass is 35.5. The molecular formula is C17H12Cl2N2O2. The molecule has 1 amide bonds. The van der Waals surface area contributed by atoms with Crippen molar-refractivity contribution in [3.63, 3.8) is 0 Å². The van der Waals surface area contributed by atoms with Crippen molar-refractivity contribution in [2.45, 2.75) is 6.92 Å². The first-order valence-corrected chi connectivity index (χ1v) is 7.58. The first-order chi connectivity index (χ1) is 11.0. The number of nitrogens with one attached hydrogen (secondary N) is 1. The van der Waals surface area contributed by atoms with E-state index in [1.807, 2.05) is 24.3 Å². The van der Waals surface area contributed by atoms with E-state index in [1.165, 1.54) is 6.20 Å². The highest BCUT2D eigenvalue weighted by Crippen LogP contribution is 2.31. The van der Waals surface area contributed by atoms with Crippen molar-refractivity contribution in [2.24, 2.45) is 0 Å². The number of aryl methyl sites for hydroxylation is 1. The van der Waals surface area contributed by atoms with Crippen molar-refractivity contribution in [2.75, 3.05) is 5.32 Å². The number of nitrogens with zero attached hydrogens (tertiary/aromatic N) is 1. The predicted octanol–water partition coefficient (Wildman–Crippen LogP) is 5.21. The fourth-order valence-corrected chi connectivity index (χ4v) is 2.68. The van der Waals surface area contributed by atoms with E-state index < -0.39 is 0 Å². The lowest BCUT2D eigenvalue weighted by Crippen LogP contribution is -2.12. The minimum Gasteiger partial charge on any atom is -0.361 e. The Labute approximate surface area is 143 Å². The Balaban J connectivity index is 1.85. The van der Waals surface area contributed by atoms with Gasteiger partial charge in [-0.2, -0.15) is 0 Å². The number of halogens is 2. The van der Waals surface area contributed by atoms with Gasteiger partial charge < -0.3 is 9.84 Å². The monoisotopic (exact) mass is 346 g/mol. The van der Waals surface area contributed by atoms with Gasteiger partial charge in [0.25, 0.3) is 5.91 Å². The number of aromatic nitrogens is 1. The third-order valence-corrected chi connectivity index (χ3v) is 3.91. The van der Waals surface area contributed by atoms with Crippen molar-refractivity contribution in [3.8, 4) is 11.1 Å². The summed E-state index contributed by atoms with van der Waals surface area (Å²) in [5, 5.41) is 7.51. The van der Waals surface area contributed by atoms with Crippen molar-refractivity contribution in [3.05, 3.63) is 70.0 Å². The molecule has 0 aliphatic heterocycles. The Morgan fingerprint density at radius 3 is 2.65 bits per heavy atom. The Morgan fingerprint density at radius 1 is 1.17 bits per heavy atom. The summed E-state index contributed by atoms with van der Waals surface area (Å²) in [6.45, 7) is 1.68. The molecule has 0 fully saturated rings. The van der Waals surface area contributed by atoms with E-state index in [-0.39, 0.29) is 5.91 Å². The third-order valence-electron chi connectivity index (χ3n) is 3.36. The molecule has 0 atom stereocenters. The van der Waals surface area contributed by atoms with Crippen molar-refractivity contribution >= 4 is 34.8 Å². The quantitative estimate of drug-likeness (QED) is 0.708. The number of rotatable bonds is 3. The summed E-state index contributed by atoms with van der Waals surface area (Å²) in [6, 6.07) is 12.7. The van der Waals surface area contributed by atoms with Gasteiger partial charge in [0.05, 0.1) is 11.2 Å². The van der Waals surface area contributed by atoms with Crippen LogP contribution in [-0.2, 0) is 0 Å². The zero-order valence-electron chi connectivity index (χ0n) is 12.1. The van der Waals surface area contributed by atoms with Gasteiger partial charge in [-0.15, -0.1) is 0 Å². The SMILES string of the molecule is Cc1oncc1C(=O)Nc1ccc(-c2cccc(Cl)c2)c(Cl)c1. The lowest BCUT2D eigenvalue weighted by atomic mass is 10.1. The topological polar surface area (TPSA) is 55.1 Å². The van der Waals surface area contributed by atoms with Gasteiger partial charge in [-0.1, -0.05) is 46.6 Å². The summed E-state index contributed by atoms with van der Waals surface area (Å²) >= 11 is 12.3. The molecule has 1 heterocycles.